The molecule has 1 heterocycles. The van der Waals surface area contributed by atoms with E-state index >= 15 is 0 Å². The summed E-state index contributed by atoms with van der Waals surface area (Å²) in [6.07, 6.45) is 4.05. The number of halogens is 1. The maximum atomic E-state index is 11.9. The van der Waals surface area contributed by atoms with Gasteiger partial charge in [-0.1, -0.05) is 0 Å². The summed E-state index contributed by atoms with van der Waals surface area (Å²) in [5, 5.41) is 3.37. The van der Waals surface area contributed by atoms with Crippen molar-refractivity contribution >= 4 is 31.8 Å². The van der Waals surface area contributed by atoms with Crippen molar-refractivity contribution in [2.45, 2.75) is 38.6 Å². The quantitative estimate of drug-likeness (QED) is 0.697. The predicted molar refractivity (Wildman–Crippen MR) is 84.3 cm³/mol. The summed E-state index contributed by atoms with van der Waals surface area (Å²) in [4.78, 5) is 4.18. The third-order valence-corrected chi connectivity index (χ3v) is 5.32. The summed E-state index contributed by atoms with van der Waals surface area (Å²) >= 11 is 3.34. The second kappa shape index (κ2) is 6.87. The van der Waals surface area contributed by atoms with Gasteiger partial charge in [0.25, 0.3) is 0 Å². The number of aromatic nitrogens is 1. The van der Waals surface area contributed by atoms with Gasteiger partial charge in [0.05, 0.1) is 11.4 Å². The van der Waals surface area contributed by atoms with Crippen LogP contribution in [0.2, 0.25) is 0 Å². The average Bonchev–Trinajstić information content (AvgIpc) is 3.17. The smallest absolute Gasteiger partial charge is 0.233 e. The van der Waals surface area contributed by atoms with E-state index in [9.17, 15) is 8.42 Å². The van der Waals surface area contributed by atoms with Gasteiger partial charge < -0.3 is 5.32 Å². The topological polar surface area (TPSA) is 71.1 Å². The zero-order chi connectivity index (χ0) is 14.6. The highest BCUT2D eigenvalue weighted by Gasteiger charge is 2.19. The molecular formula is C13H20BrN3O2S. The van der Waals surface area contributed by atoms with Gasteiger partial charge in [-0.2, -0.15) is 0 Å². The van der Waals surface area contributed by atoms with Crippen molar-refractivity contribution in [2.24, 2.45) is 0 Å². The second-order valence-corrected chi connectivity index (χ2v) is 7.82. The number of aryl methyl sites for hydroxylation is 1. The highest BCUT2D eigenvalue weighted by molar-refractivity contribution is 9.10. The van der Waals surface area contributed by atoms with Crippen LogP contribution in [-0.2, 0) is 10.0 Å². The summed E-state index contributed by atoms with van der Waals surface area (Å²) in [6, 6.07) is 4.13. The zero-order valence-corrected chi connectivity index (χ0v) is 13.9. The lowest BCUT2D eigenvalue weighted by molar-refractivity contribution is 0.590. The largest absolute Gasteiger partial charge is 0.314 e. The Labute approximate surface area is 128 Å². The molecule has 0 radical (unpaired) electrons. The van der Waals surface area contributed by atoms with Crippen molar-refractivity contribution in [3.05, 3.63) is 22.3 Å². The average molecular weight is 362 g/mol. The van der Waals surface area contributed by atoms with E-state index in [-0.39, 0.29) is 5.75 Å². The summed E-state index contributed by atoms with van der Waals surface area (Å²) in [5.74, 6) is 0.512. The van der Waals surface area contributed by atoms with Gasteiger partial charge in [-0.05, 0) is 67.2 Å². The third-order valence-electron chi connectivity index (χ3n) is 3.13. The van der Waals surface area contributed by atoms with Crippen molar-refractivity contribution < 1.29 is 8.42 Å². The first-order valence-corrected chi connectivity index (χ1v) is 9.28. The SMILES string of the molecule is Cc1nc(NS(=O)(=O)CCCCNC2CC2)ccc1Br. The predicted octanol–water partition coefficient (Wildman–Crippen LogP) is 2.43. The number of sulfonamides is 1. The molecule has 0 unspecified atom stereocenters. The lowest BCUT2D eigenvalue weighted by atomic mass is 10.3. The molecule has 1 fully saturated rings. The summed E-state index contributed by atoms with van der Waals surface area (Å²) < 4.78 is 27.2. The molecule has 112 valence electrons. The van der Waals surface area contributed by atoms with Gasteiger partial charge in [-0.3, -0.25) is 4.72 Å². The van der Waals surface area contributed by atoms with Gasteiger partial charge in [-0.15, -0.1) is 0 Å². The fourth-order valence-corrected chi connectivity index (χ4v) is 3.16. The van der Waals surface area contributed by atoms with Crippen LogP contribution >= 0.6 is 15.9 Å². The Morgan fingerprint density at radius 3 is 2.75 bits per heavy atom. The van der Waals surface area contributed by atoms with Crippen molar-refractivity contribution in [3.63, 3.8) is 0 Å². The number of hydrogen-bond acceptors (Lipinski definition) is 4. The van der Waals surface area contributed by atoms with Crippen LogP contribution in [0, 0.1) is 6.92 Å². The minimum Gasteiger partial charge on any atom is -0.314 e. The lowest BCUT2D eigenvalue weighted by Gasteiger charge is -2.08. The van der Waals surface area contributed by atoms with E-state index in [1.165, 1.54) is 12.8 Å². The molecule has 0 bridgehead atoms. The molecule has 7 heteroatoms. The van der Waals surface area contributed by atoms with Crippen LogP contribution in [0.5, 0.6) is 0 Å². The van der Waals surface area contributed by atoms with Crippen LogP contribution in [0.15, 0.2) is 16.6 Å². The molecule has 0 atom stereocenters. The van der Waals surface area contributed by atoms with E-state index in [0.717, 1.165) is 23.1 Å². The van der Waals surface area contributed by atoms with Crippen molar-refractivity contribution in [1.29, 1.82) is 0 Å². The molecule has 0 spiro atoms. The van der Waals surface area contributed by atoms with Crippen molar-refractivity contribution in [3.8, 4) is 0 Å². The molecule has 20 heavy (non-hydrogen) atoms. The summed E-state index contributed by atoms with van der Waals surface area (Å²) in [7, 11) is -3.30. The maximum absolute atomic E-state index is 11.9. The van der Waals surface area contributed by atoms with Crippen LogP contribution in [0.3, 0.4) is 0 Å². The minimum atomic E-state index is -3.30. The number of hydrogen-bond donors (Lipinski definition) is 2. The molecule has 2 N–H and O–H groups in total. The van der Waals surface area contributed by atoms with Gasteiger partial charge in [0.2, 0.25) is 10.0 Å². The summed E-state index contributed by atoms with van der Waals surface area (Å²) in [6.45, 7) is 2.72. The third kappa shape index (κ3) is 5.38. The number of unbranched alkanes of at least 4 members (excludes halogenated alkanes) is 1. The van der Waals surface area contributed by atoms with Crippen LogP contribution in [0.25, 0.3) is 0 Å². The van der Waals surface area contributed by atoms with E-state index in [0.29, 0.717) is 18.3 Å². The van der Waals surface area contributed by atoms with Gasteiger partial charge in [0, 0.05) is 10.5 Å². The Kier molecular flexibility index (Phi) is 5.40. The molecule has 1 aromatic rings. The summed E-state index contributed by atoms with van der Waals surface area (Å²) in [5.41, 5.74) is 0.763. The number of pyridine rings is 1. The van der Waals surface area contributed by atoms with Crippen molar-refractivity contribution in [1.82, 2.24) is 10.3 Å². The van der Waals surface area contributed by atoms with E-state index < -0.39 is 10.0 Å². The van der Waals surface area contributed by atoms with Gasteiger partial charge in [0.1, 0.15) is 5.82 Å². The molecule has 1 aliphatic carbocycles. The fourth-order valence-electron chi connectivity index (χ4n) is 1.82. The molecule has 2 rings (SSSR count). The number of anilines is 1. The van der Waals surface area contributed by atoms with E-state index in [1.54, 1.807) is 12.1 Å². The highest BCUT2D eigenvalue weighted by atomic mass is 79.9. The Balaban J connectivity index is 1.75. The second-order valence-electron chi connectivity index (χ2n) is 5.12. The molecule has 1 aromatic heterocycles. The van der Waals surface area contributed by atoms with E-state index in [1.807, 2.05) is 6.92 Å². The zero-order valence-electron chi connectivity index (χ0n) is 11.5. The van der Waals surface area contributed by atoms with E-state index in [4.69, 9.17) is 0 Å². The van der Waals surface area contributed by atoms with E-state index in [2.05, 4.69) is 31.0 Å². The molecular weight excluding hydrogens is 342 g/mol. The first kappa shape index (κ1) is 15.7. The molecule has 5 nitrogen and oxygen atoms in total. The van der Waals surface area contributed by atoms with Gasteiger partial charge >= 0.3 is 0 Å². The maximum Gasteiger partial charge on any atom is 0.233 e. The first-order valence-electron chi connectivity index (χ1n) is 6.83. The van der Waals surface area contributed by atoms with Gasteiger partial charge in [0.15, 0.2) is 0 Å². The lowest BCUT2D eigenvalue weighted by Crippen LogP contribution is -2.21. The monoisotopic (exact) mass is 361 g/mol. The molecule has 1 saturated carbocycles. The number of nitrogens with one attached hydrogen (secondary N) is 2. The normalized spacial score (nSPS) is 15.3. The highest BCUT2D eigenvalue weighted by Crippen LogP contribution is 2.19. The molecule has 0 aliphatic heterocycles. The van der Waals surface area contributed by atoms with Crippen LogP contribution < -0.4 is 10.0 Å². The Morgan fingerprint density at radius 2 is 2.10 bits per heavy atom. The first-order chi connectivity index (χ1) is 9.46. The standard InChI is InChI=1S/C13H20BrN3O2S/c1-10-12(14)6-7-13(16-10)17-20(18,19)9-3-2-8-15-11-4-5-11/h6-7,11,15H,2-5,8-9H2,1H3,(H,16,17). The minimum absolute atomic E-state index is 0.135. The molecule has 0 aromatic carbocycles. The Bertz CT molecular complexity index is 559. The van der Waals surface area contributed by atoms with Crippen molar-refractivity contribution in [2.75, 3.05) is 17.0 Å². The Morgan fingerprint density at radius 1 is 1.35 bits per heavy atom. The fraction of sp³-hybridized carbons (Fsp3) is 0.615. The molecule has 0 amide bonds. The number of rotatable bonds is 8. The van der Waals surface area contributed by atoms with Gasteiger partial charge in [-0.25, -0.2) is 13.4 Å². The van der Waals surface area contributed by atoms with Crippen LogP contribution in [-0.4, -0.2) is 31.7 Å². The van der Waals surface area contributed by atoms with Crippen LogP contribution in [0.1, 0.15) is 31.4 Å². The van der Waals surface area contributed by atoms with Crippen LogP contribution in [0.4, 0.5) is 5.82 Å². The number of nitrogens with zero attached hydrogens (tertiary/aromatic N) is 1. The molecule has 1 aliphatic rings. The molecule has 0 saturated heterocycles. The Hall–Kier alpha value is -0.660.